The molecule has 3 aromatic rings. The topological polar surface area (TPSA) is 56.0 Å². The van der Waals surface area contributed by atoms with Crippen molar-refractivity contribution in [3.8, 4) is 11.3 Å². The van der Waals surface area contributed by atoms with Gasteiger partial charge < -0.3 is 4.74 Å². The Balaban J connectivity index is 1.37. The lowest BCUT2D eigenvalue weighted by Gasteiger charge is -2.19. The maximum Gasteiger partial charge on any atom is 0.312 e. The van der Waals surface area contributed by atoms with Gasteiger partial charge in [-0.2, -0.15) is 0 Å². The van der Waals surface area contributed by atoms with Gasteiger partial charge in [0.2, 0.25) is 0 Å². The Labute approximate surface area is 182 Å². The molecular formula is C23H23N3O2PS+. The first-order chi connectivity index (χ1) is 14.5. The van der Waals surface area contributed by atoms with Gasteiger partial charge in [0.05, 0.1) is 27.1 Å². The van der Waals surface area contributed by atoms with E-state index in [1.807, 2.05) is 59.4 Å². The standard InChI is InChI=1S/C23H23N3O2PS/c1-23(29)13-19-21(16-30-23)24-14-20(25-19)18-7-10-26(11-8-18)12-9-22(27)28-15-17-5-3-2-4-6-17/h2-8,10-11,13-14,16H,9,12,15,29H2,1H3/q+1. The third kappa shape index (κ3) is 5.32. The quantitative estimate of drug-likeness (QED) is 0.338. The molecule has 0 spiro atoms. The lowest BCUT2D eigenvalue weighted by Crippen LogP contribution is -2.36. The van der Waals surface area contributed by atoms with Crippen LogP contribution < -0.4 is 15.3 Å². The van der Waals surface area contributed by atoms with Crippen LogP contribution in [0.1, 0.15) is 18.9 Å². The van der Waals surface area contributed by atoms with E-state index in [-0.39, 0.29) is 10.5 Å². The highest BCUT2D eigenvalue weighted by Gasteiger charge is 2.18. The lowest BCUT2D eigenvalue weighted by atomic mass is 10.2. The summed E-state index contributed by atoms with van der Waals surface area (Å²) in [5, 5.41) is 3.86. The van der Waals surface area contributed by atoms with Crippen LogP contribution in [-0.2, 0) is 22.7 Å². The number of aryl methyl sites for hydroxylation is 1. The number of nitrogens with zero attached hydrogens (tertiary/aromatic N) is 3. The van der Waals surface area contributed by atoms with Crippen molar-refractivity contribution >= 4 is 38.5 Å². The zero-order valence-electron chi connectivity index (χ0n) is 16.7. The zero-order valence-corrected chi connectivity index (χ0v) is 18.7. The van der Waals surface area contributed by atoms with Crippen LogP contribution in [0.5, 0.6) is 0 Å². The van der Waals surface area contributed by atoms with Crippen LogP contribution in [0.2, 0.25) is 0 Å². The molecule has 7 heteroatoms. The number of ether oxygens (including phenoxy) is 1. The number of hydrogen-bond acceptors (Lipinski definition) is 5. The summed E-state index contributed by atoms with van der Waals surface area (Å²) in [6, 6.07) is 13.7. The SMILES string of the molecule is CC1(P)C=c2nc(-c3cc[n+](CCC(=O)OCc4ccccc4)cc3)cnc2=CS1. The second kappa shape index (κ2) is 9.07. The van der Waals surface area contributed by atoms with E-state index in [1.54, 1.807) is 18.0 Å². The average molecular weight is 436 g/mol. The minimum atomic E-state index is -0.207. The number of aromatic nitrogens is 3. The van der Waals surface area contributed by atoms with Crippen LogP contribution in [0.15, 0.2) is 61.1 Å². The molecule has 0 N–H and O–H groups in total. The molecule has 0 aliphatic carbocycles. The molecule has 1 aliphatic heterocycles. The van der Waals surface area contributed by atoms with E-state index in [0.29, 0.717) is 19.6 Å². The number of carbonyl (C=O) groups is 1. The summed E-state index contributed by atoms with van der Waals surface area (Å²) in [7, 11) is 2.84. The lowest BCUT2D eigenvalue weighted by molar-refractivity contribution is -0.695. The number of hydrogen-bond donors (Lipinski definition) is 0. The molecule has 1 aliphatic rings. The Morgan fingerprint density at radius 2 is 1.93 bits per heavy atom. The largest absolute Gasteiger partial charge is 0.461 e. The Bertz CT molecular complexity index is 1170. The fraction of sp³-hybridized carbons (Fsp3) is 0.217. The number of rotatable bonds is 6. The highest BCUT2D eigenvalue weighted by molar-refractivity contribution is 8.11. The van der Waals surface area contributed by atoms with Crippen molar-refractivity contribution in [1.29, 1.82) is 0 Å². The number of carbonyl (C=O) groups excluding carboxylic acids is 1. The average Bonchev–Trinajstić information content (AvgIpc) is 2.76. The molecule has 0 amide bonds. The number of esters is 1. The van der Waals surface area contributed by atoms with E-state index < -0.39 is 0 Å². The van der Waals surface area contributed by atoms with Crippen molar-refractivity contribution in [3.63, 3.8) is 0 Å². The highest BCUT2D eigenvalue weighted by atomic mass is 32.2. The molecule has 4 rings (SSSR count). The predicted molar refractivity (Wildman–Crippen MR) is 122 cm³/mol. The summed E-state index contributed by atoms with van der Waals surface area (Å²) in [6.07, 6.45) is 8.15. The monoisotopic (exact) mass is 436 g/mol. The summed E-state index contributed by atoms with van der Waals surface area (Å²) in [4.78, 5) is 21.3. The normalized spacial score (nSPS) is 17.4. The van der Waals surface area contributed by atoms with Crippen LogP contribution >= 0.6 is 21.0 Å². The van der Waals surface area contributed by atoms with Crippen LogP contribution in [-0.4, -0.2) is 20.4 Å². The Morgan fingerprint density at radius 3 is 2.70 bits per heavy atom. The van der Waals surface area contributed by atoms with Gasteiger partial charge in [-0.05, 0) is 18.6 Å². The van der Waals surface area contributed by atoms with E-state index in [4.69, 9.17) is 9.72 Å². The van der Waals surface area contributed by atoms with E-state index in [9.17, 15) is 4.79 Å². The molecule has 0 fully saturated rings. The fourth-order valence-electron chi connectivity index (χ4n) is 3.04. The number of thioether (sulfide) groups is 1. The van der Waals surface area contributed by atoms with Crippen LogP contribution in [0.3, 0.4) is 0 Å². The number of pyridine rings is 1. The maximum absolute atomic E-state index is 12.0. The van der Waals surface area contributed by atoms with Gasteiger partial charge in [-0.15, -0.1) is 21.0 Å². The van der Waals surface area contributed by atoms with Gasteiger partial charge in [-0.3, -0.25) is 9.78 Å². The third-order valence-corrected chi connectivity index (χ3v) is 6.22. The van der Waals surface area contributed by atoms with Gasteiger partial charge in [0.1, 0.15) is 13.0 Å². The summed E-state index contributed by atoms with van der Waals surface area (Å²) in [5.74, 6) is -0.207. The van der Waals surface area contributed by atoms with Gasteiger partial charge in [0.25, 0.3) is 0 Å². The number of benzene rings is 1. The fourth-order valence-corrected chi connectivity index (χ4v) is 4.13. The molecule has 0 saturated heterocycles. The molecule has 5 nitrogen and oxygen atoms in total. The van der Waals surface area contributed by atoms with Crippen molar-refractivity contribution < 1.29 is 14.1 Å². The van der Waals surface area contributed by atoms with Gasteiger partial charge >= 0.3 is 5.97 Å². The van der Waals surface area contributed by atoms with E-state index in [2.05, 4.69) is 32.6 Å². The molecule has 0 saturated carbocycles. The maximum atomic E-state index is 12.0. The first-order valence-electron chi connectivity index (χ1n) is 9.70. The minimum Gasteiger partial charge on any atom is -0.461 e. The molecule has 0 bridgehead atoms. The summed E-state index contributed by atoms with van der Waals surface area (Å²) < 4.78 is 7.24. The van der Waals surface area contributed by atoms with Crippen LogP contribution in [0.4, 0.5) is 0 Å². The zero-order chi connectivity index (χ0) is 21.0. The molecule has 2 atom stereocenters. The molecule has 3 heterocycles. The molecule has 1 aromatic carbocycles. The molecule has 2 aromatic heterocycles. The molecule has 30 heavy (non-hydrogen) atoms. The smallest absolute Gasteiger partial charge is 0.312 e. The van der Waals surface area contributed by atoms with Crippen LogP contribution in [0.25, 0.3) is 22.7 Å². The first-order valence-corrected chi connectivity index (χ1v) is 11.2. The highest BCUT2D eigenvalue weighted by Crippen LogP contribution is 2.35. The van der Waals surface area contributed by atoms with Gasteiger partial charge in [-0.25, -0.2) is 9.55 Å². The summed E-state index contributed by atoms with van der Waals surface area (Å²) >= 11 is 1.72. The van der Waals surface area contributed by atoms with Gasteiger partial charge in [-0.1, -0.05) is 30.3 Å². The summed E-state index contributed by atoms with van der Waals surface area (Å²) in [5.41, 5.74) is 2.82. The van der Waals surface area contributed by atoms with E-state index in [1.165, 1.54) is 0 Å². The van der Waals surface area contributed by atoms with Crippen molar-refractivity contribution in [2.24, 2.45) is 0 Å². The van der Waals surface area contributed by atoms with E-state index >= 15 is 0 Å². The molecule has 152 valence electrons. The van der Waals surface area contributed by atoms with Crippen LogP contribution in [0, 0.1) is 0 Å². The van der Waals surface area contributed by atoms with E-state index in [0.717, 1.165) is 27.5 Å². The van der Waals surface area contributed by atoms with Crippen molar-refractivity contribution in [2.45, 2.75) is 31.0 Å². The second-order valence-corrected chi connectivity index (χ2v) is 10.3. The summed E-state index contributed by atoms with van der Waals surface area (Å²) in [6.45, 7) is 3.00. The Hall–Kier alpha value is -2.56. The molecule has 0 radical (unpaired) electrons. The minimum absolute atomic E-state index is 0.0604. The second-order valence-electron chi connectivity index (χ2n) is 7.31. The molecular weight excluding hydrogens is 413 g/mol. The van der Waals surface area contributed by atoms with Gasteiger partial charge in [0.15, 0.2) is 18.9 Å². The predicted octanol–water partition coefficient (Wildman–Crippen LogP) is 2.42. The Morgan fingerprint density at radius 1 is 1.17 bits per heavy atom. The number of fused-ring (bicyclic) bond motifs is 1. The van der Waals surface area contributed by atoms with Crippen molar-refractivity contribution in [3.05, 3.63) is 77.3 Å². The van der Waals surface area contributed by atoms with Crippen molar-refractivity contribution in [1.82, 2.24) is 9.97 Å². The third-order valence-electron chi connectivity index (χ3n) is 4.68. The molecule has 2 unspecified atom stereocenters. The Kier molecular flexibility index (Phi) is 6.26. The van der Waals surface area contributed by atoms with Crippen molar-refractivity contribution in [2.75, 3.05) is 0 Å². The van der Waals surface area contributed by atoms with Gasteiger partial charge in [0, 0.05) is 23.1 Å². The first kappa shape index (κ1) is 20.7.